The van der Waals surface area contributed by atoms with Crippen molar-refractivity contribution < 1.29 is 9.00 Å². The molecule has 0 aromatic heterocycles. The molecule has 2 atom stereocenters. The van der Waals surface area contributed by atoms with Crippen molar-refractivity contribution in [1.82, 2.24) is 5.32 Å². The molecule has 0 aliphatic carbocycles. The minimum absolute atomic E-state index is 0.0855. The average molecular weight is 202 g/mol. The van der Waals surface area contributed by atoms with Gasteiger partial charge in [0.05, 0.1) is 6.07 Å². The summed E-state index contributed by atoms with van der Waals surface area (Å²) in [7, 11) is -0.845. The molecule has 2 unspecified atom stereocenters. The average Bonchev–Trinajstić information content (AvgIpc) is 2.04. The van der Waals surface area contributed by atoms with E-state index < -0.39 is 10.8 Å². The fourth-order valence-electron chi connectivity index (χ4n) is 0.715. The Hall–Kier alpha value is -0.890. The smallest absolute Gasteiger partial charge is 0.234 e. The van der Waals surface area contributed by atoms with Crippen LogP contribution < -0.4 is 5.32 Å². The third-order valence-corrected chi connectivity index (χ3v) is 3.05. The van der Waals surface area contributed by atoms with Gasteiger partial charge in [-0.25, -0.2) is 0 Å². The largest absolute Gasteiger partial charge is 0.355 e. The van der Waals surface area contributed by atoms with Crippen LogP contribution in [0.4, 0.5) is 0 Å². The molecule has 1 N–H and O–H groups in total. The first-order valence-electron chi connectivity index (χ1n) is 4.03. The van der Waals surface area contributed by atoms with Gasteiger partial charge in [-0.05, 0) is 6.42 Å². The van der Waals surface area contributed by atoms with Crippen molar-refractivity contribution in [3.8, 4) is 6.07 Å². The molecular weight excluding hydrogens is 188 g/mol. The Morgan fingerprint density at radius 1 is 1.69 bits per heavy atom. The maximum Gasteiger partial charge on any atom is 0.234 e. The molecule has 1 amide bonds. The standard InChI is InChI=1S/C8H14N2O2S/c1-7(13(2)12)4-6-10-8(11)3-5-9/h7H,3-4,6H2,1-2H3,(H,10,11). The van der Waals surface area contributed by atoms with Crippen molar-refractivity contribution in [1.29, 1.82) is 5.26 Å². The number of carbonyl (C=O) groups is 1. The summed E-state index contributed by atoms with van der Waals surface area (Å²) >= 11 is 0. The van der Waals surface area contributed by atoms with Gasteiger partial charge in [0.15, 0.2) is 0 Å². The Morgan fingerprint density at radius 2 is 2.31 bits per heavy atom. The molecule has 0 rings (SSSR count). The Kier molecular flexibility index (Phi) is 6.15. The second kappa shape index (κ2) is 6.61. The van der Waals surface area contributed by atoms with E-state index in [1.807, 2.05) is 6.92 Å². The van der Waals surface area contributed by atoms with E-state index in [0.717, 1.165) is 0 Å². The first-order chi connectivity index (χ1) is 6.07. The highest BCUT2D eigenvalue weighted by atomic mass is 32.2. The Bertz CT molecular complexity index is 235. The molecule has 13 heavy (non-hydrogen) atoms. The predicted molar refractivity (Wildman–Crippen MR) is 51.4 cm³/mol. The molecule has 5 heteroatoms. The maximum absolute atomic E-state index is 10.9. The van der Waals surface area contributed by atoms with Crippen LogP contribution in [0.2, 0.25) is 0 Å². The highest BCUT2D eigenvalue weighted by Crippen LogP contribution is 1.97. The Balaban J connectivity index is 3.51. The lowest BCUT2D eigenvalue weighted by Crippen LogP contribution is -2.26. The van der Waals surface area contributed by atoms with Crippen molar-refractivity contribution >= 4 is 16.7 Å². The zero-order valence-electron chi connectivity index (χ0n) is 7.87. The van der Waals surface area contributed by atoms with Crippen molar-refractivity contribution in [3.05, 3.63) is 0 Å². The summed E-state index contributed by atoms with van der Waals surface area (Å²) in [5.41, 5.74) is 0. The van der Waals surface area contributed by atoms with E-state index in [1.54, 1.807) is 12.3 Å². The summed E-state index contributed by atoms with van der Waals surface area (Å²) < 4.78 is 10.9. The minimum Gasteiger partial charge on any atom is -0.355 e. The summed E-state index contributed by atoms with van der Waals surface area (Å²) in [5, 5.41) is 10.8. The van der Waals surface area contributed by atoms with Gasteiger partial charge in [-0.1, -0.05) is 6.92 Å². The number of hydrogen-bond acceptors (Lipinski definition) is 3. The lowest BCUT2D eigenvalue weighted by molar-refractivity contribution is -0.120. The summed E-state index contributed by atoms with van der Waals surface area (Å²) in [5.74, 6) is -0.267. The third-order valence-electron chi connectivity index (χ3n) is 1.68. The second-order valence-corrected chi connectivity index (χ2v) is 4.58. The number of carbonyl (C=O) groups excluding carboxylic acids is 1. The quantitative estimate of drug-likeness (QED) is 0.691. The van der Waals surface area contributed by atoms with E-state index in [0.29, 0.717) is 13.0 Å². The molecule has 0 saturated heterocycles. The molecule has 4 nitrogen and oxygen atoms in total. The molecule has 0 heterocycles. The van der Waals surface area contributed by atoms with Crippen LogP contribution >= 0.6 is 0 Å². The number of nitrogens with one attached hydrogen (secondary N) is 1. The van der Waals surface area contributed by atoms with Crippen LogP contribution in [0, 0.1) is 11.3 Å². The topological polar surface area (TPSA) is 70.0 Å². The third kappa shape index (κ3) is 6.29. The lowest BCUT2D eigenvalue weighted by Gasteiger charge is -2.07. The van der Waals surface area contributed by atoms with E-state index in [2.05, 4.69) is 5.32 Å². The van der Waals surface area contributed by atoms with Gasteiger partial charge >= 0.3 is 0 Å². The second-order valence-electron chi connectivity index (χ2n) is 2.78. The van der Waals surface area contributed by atoms with E-state index in [-0.39, 0.29) is 17.6 Å². The number of amides is 1. The van der Waals surface area contributed by atoms with Gasteiger partial charge in [0.1, 0.15) is 6.42 Å². The first-order valence-corrected chi connectivity index (χ1v) is 5.66. The van der Waals surface area contributed by atoms with E-state index in [9.17, 15) is 9.00 Å². The van der Waals surface area contributed by atoms with Crippen molar-refractivity contribution in [2.24, 2.45) is 0 Å². The van der Waals surface area contributed by atoms with Crippen molar-refractivity contribution in [2.75, 3.05) is 12.8 Å². The van der Waals surface area contributed by atoms with Gasteiger partial charge in [0, 0.05) is 28.9 Å². The van der Waals surface area contributed by atoms with Crippen LogP contribution in [0.1, 0.15) is 19.8 Å². The first kappa shape index (κ1) is 12.1. The zero-order chi connectivity index (χ0) is 10.3. The monoisotopic (exact) mass is 202 g/mol. The number of hydrogen-bond donors (Lipinski definition) is 1. The Labute approximate surface area is 80.8 Å². The van der Waals surface area contributed by atoms with Crippen molar-refractivity contribution in [3.63, 3.8) is 0 Å². The molecule has 74 valence electrons. The van der Waals surface area contributed by atoms with E-state index in [1.165, 1.54) is 0 Å². The normalized spacial score (nSPS) is 14.2. The van der Waals surface area contributed by atoms with Gasteiger partial charge in [-0.15, -0.1) is 0 Å². The van der Waals surface area contributed by atoms with Gasteiger partial charge < -0.3 is 5.32 Å². The van der Waals surface area contributed by atoms with Crippen LogP contribution in [0.3, 0.4) is 0 Å². The molecular formula is C8H14N2O2S. The minimum atomic E-state index is -0.845. The molecule has 0 bridgehead atoms. The molecule has 0 spiro atoms. The van der Waals surface area contributed by atoms with Gasteiger partial charge in [-0.2, -0.15) is 5.26 Å². The van der Waals surface area contributed by atoms with Crippen LogP contribution in [-0.2, 0) is 15.6 Å². The van der Waals surface area contributed by atoms with E-state index >= 15 is 0 Å². The molecule has 0 saturated carbocycles. The Morgan fingerprint density at radius 3 is 2.77 bits per heavy atom. The molecule has 0 fully saturated rings. The fourth-order valence-corrected chi connectivity index (χ4v) is 1.16. The van der Waals surface area contributed by atoms with Gasteiger partial charge in [0.25, 0.3) is 0 Å². The molecule has 0 aromatic rings. The number of nitrogens with zero attached hydrogens (tertiary/aromatic N) is 1. The van der Waals surface area contributed by atoms with E-state index in [4.69, 9.17) is 5.26 Å². The number of nitriles is 1. The fraction of sp³-hybridized carbons (Fsp3) is 0.750. The highest BCUT2D eigenvalue weighted by Gasteiger charge is 2.06. The zero-order valence-corrected chi connectivity index (χ0v) is 8.69. The van der Waals surface area contributed by atoms with Crippen LogP contribution in [0.5, 0.6) is 0 Å². The highest BCUT2D eigenvalue weighted by molar-refractivity contribution is 7.84. The van der Waals surface area contributed by atoms with Crippen LogP contribution in [-0.4, -0.2) is 28.2 Å². The SMILES string of the molecule is CC(CCNC(=O)CC#N)S(C)=O. The summed E-state index contributed by atoms with van der Waals surface area (Å²) in [6.07, 6.45) is 2.21. The summed E-state index contributed by atoms with van der Waals surface area (Å²) in [6.45, 7) is 2.35. The predicted octanol–water partition coefficient (Wildman–Crippen LogP) is 0.173. The van der Waals surface area contributed by atoms with Gasteiger partial charge in [-0.3, -0.25) is 9.00 Å². The summed E-state index contributed by atoms with van der Waals surface area (Å²) in [4.78, 5) is 10.8. The molecule has 0 aliphatic rings. The molecule has 0 aromatic carbocycles. The number of rotatable bonds is 5. The van der Waals surface area contributed by atoms with Crippen LogP contribution in [0.15, 0.2) is 0 Å². The molecule has 0 radical (unpaired) electrons. The van der Waals surface area contributed by atoms with Gasteiger partial charge in [0.2, 0.25) is 5.91 Å². The van der Waals surface area contributed by atoms with Crippen LogP contribution in [0.25, 0.3) is 0 Å². The lowest BCUT2D eigenvalue weighted by atomic mass is 10.3. The molecule has 0 aliphatic heterocycles. The maximum atomic E-state index is 10.9. The van der Waals surface area contributed by atoms with Crippen molar-refractivity contribution in [2.45, 2.75) is 25.0 Å². The summed E-state index contributed by atoms with van der Waals surface area (Å²) in [6, 6.07) is 1.76.